The van der Waals surface area contributed by atoms with E-state index in [2.05, 4.69) is 10.3 Å². The molecule has 0 aromatic heterocycles. The first-order valence-electron chi connectivity index (χ1n) is 6.61. The summed E-state index contributed by atoms with van der Waals surface area (Å²) in [5.41, 5.74) is 0.605. The molecule has 9 heteroatoms. The molecule has 0 aliphatic heterocycles. The Balaban J connectivity index is 0.000000443. The summed E-state index contributed by atoms with van der Waals surface area (Å²) in [6.07, 6.45) is 2.15. The first-order chi connectivity index (χ1) is 11.6. The van der Waals surface area contributed by atoms with E-state index < -0.39 is 0 Å². The van der Waals surface area contributed by atoms with Crippen LogP contribution < -0.4 is 19.7 Å². The molecule has 0 amide bonds. The Kier molecular flexibility index (Phi) is 10.2. The number of hydrogen-bond acceptors (Lipinski definition) is 8. The molecule has 2 rings (SSSR count). The molecule has 25 heavy (non-hydrogen) atoms. The van der Waals surface area contributed by atoms with Crippen LogP contribution in [0.2, 0.25) is 0 Å². The molecule has 0 bridgehead atoms. The maximum Gasteiger partial charge on any atom is 2.00 e. The normalized spacial score (nSPS) is 10.0. The summed E-state index contributed by atoms with van der Waals surface area (Å²) < 4.78 is 9.55. The zero-order valence-corrected chi connectivity index (χ0v) is 14.4. The number of hydrogen-bond donors (Lipinski definition) is 2. The van der Waals surface area contributed by atoms with Crippen LogP contribution in [0, 0.1) is 0 Å². The second-order valence-corrected chi connectivity index (χ2v) is 4.25. The van der Waals surface area contributed by atoms with Crippen LogP contribution in [0.25, 0.3) is 0 Å². The molecule has 8 nitrogen and oxygen atoms in total. The molecule has 0 atom stereocenters. The molecule has 0 aliphatic rings. The Hall–Kier alpha value is -2.91. The van der Waals surface area contributed by atoms with Crippen molar-refractivity contribution in [3.8, 4) is 23.0 Å². The van der Waals surface area contributed by atoms with Gasteiger partial charge in [0.05, 0.1) is 26.6 Å². The Morgan fingerprint density at radius 3 is 1.44 bits per heavy atom. The third-order valence-electron chi connectivity index (χ3n) is 2.85. The zero-order valence-electron chi connectivity index (χ0n) is 13.4. The van der Waals surface area contributed by atoms with Crippen molar-refractivity contribution >= 4 is 12.4 Å². The number of oxime groups is 2. The first kappa shape index (κ1) is 22.1. The fraction of sp³-hybridized carbons (Fsp3) is 0.125. The second kappa shape index (κ2) is 11.6. The molecule has 0 spiro atoms. The summed E-state index contributed by atoms with van der Waals surface area (Å²) in [7, 11) is 2.83. The fourth-order valence-electron chi connectivity index (χ4n) is 1.71. The molecule has 0 aliphatic carbocycles. The van der Waals surface area contributed by atoms with E-state index in [0.717, 1.165) is 12.4 Å². The van der Waals surface area contributed by atoms with E-state index in [1.54, 1.807) is 36.4 Å². The average molecular weight is 391 g/mol. The fourth-order valence-corrected chi connectivity index (χ4v) is 1.71. The van der Waals surface area contributed by atoms with Gasteiger partial charge in [-0.05, 0) is 23.3 Å². The van der Waals surface area contributed by atoms with Gasteiger partial charge in [-0.3, -0.25) is 0 Å². The van der Waals surface area contributed by atoms with Gasteiger partial charge in [0.1, 0.15) is 11.5 Å². The van der Waals surface area contributed by atoms with Gasteiger partial charge in [-0.15, -0.1) is 0 Å². The molecule has 0 fully saturated rings. The molecular weight excluding hydrogens is 375 g/mol. The number of ether oxygens (including phenoxy) is 2. The number of rotatable bonds is 4. The summed E-state index contributed by atoms with van der Waals surface area (Å²) in [4.78, 5) is 0. The summed E-state index contributed by atoms with van der Waals surface area (Å²) >= 11 is 0. The molecule has 2 N–H and O–H groups in total. The topological polar surface area (TPSA) is 130 Å². The maximum atomic E-state index is 11.3. The zero-order chi connectivity index (χ0) is 17.9. The third-order valence-corrected chi connectivity index (χ3v) is 2.85. The molecule has 2 aromatic rings. The Morgan fingerprint density at radius 2 is 1.16 bits per heavy atom. The van der Waals surface area contributed by atoms with Crippen LogP contribution in [0.3, 0.4) is 0 Å². The molecule has 1 radical (unpaired) electrons. The van der Waals surface area contributed by atoms with E-state index >= 15 is 0 Å². The quantitative estimate of drug-likeness (QED) is 0.457. The van der Waals surface area contributed by atoms with E-state index in [1.807, 2.05) is 0 Å². The molecule has 0 saturated heterocycles. The number of nitrogens with zero attached hydrogens (tertiary/aromatic N) is 2. The molecule has 0 unspecified atom stereocenters. The van der Waals surface area contributed by atoms with Crippen LogP contribution in [0.5, 0.6) is 23.0 Å². The van der Waals surface area contributed by atoms with Gasteiger partial charge in [-0.2, -0.15) is 0 Å². The molecule has 135 valence electrons. The van der Waals surface area contributed by atoms with Crippen LogP contribution in [0.1, 0.15) is 11.1 Å². The van der Waals surface area contributed by atoms with Crippen molar-refractivity contribution in [1.29, 1.82) is 0 Å². The monoisotopic (exact) mass is 391 g/mol. The van der Waals surface area contributed by atoms with Crippen LogP contribution in [0.15, 0.2) is 46.7 Å². The summed E-state index contributed by atoms with van der Waals surface area (Å²) in [5, 5.41) is 44.4. The number of methoxy groups -OCH3 is 2. The molecule has 0 heterocycles. The summed E-state index contributed by atoms with van der Waals surface area (Å²) in [5.74, 6) is -0.0737. The molecular formula is C16H16CoN2O6. The number of benzene rings is 2. The average Bonchev–Trinajstić information content (AvgIpc) is 2.60. The van der Waals surface area contributed by atoms with Gasteiger partial charge >= 0.3 is 16.8 Å². The van der Waals surface area contributed by atoms with Gasteiger partial charge in [0.25, 0.3) is 0 Å². The van der Waals surface area contributed by atoms with Gasteiger partial charge in [0.2, 0.25) is 0 Å². The minimum atomic E-state index is -0.280. The van der Waals surface area contributed by atoms with Gasteiger partial charge < -0.3 is 30.1 Å². The first-order valence-corrected chi connectivity index (χ1v) is 6.61. The minimum absolute atomic E-state index is 0. The van der Waals surface area contributed by atoms with Crippen molar-refractivity contribution in [2.75, 3.05) is 14.2 Å². The van der Waals surface area contributed by atoms with Gasteiger partial charge in [-0.1, -0.05) is 46.1 Å². The van der Waals surface area contributed by atoms with Crippen molar-refractivity contribution < 1.29 is 46.9 Å². The van der Waals surface area contributed by atoms with Crippen LogP contribution in [-0.4, -0.2) is 37.1 Å². The third kappa shape index (κ3) is 6.24. The van der Waals surface area contributed by atoms with Gasteiger partial charge in [-0.25, -0.2) is 0 Å². The van der Waals surface area contributed by atoms with E-state index in [-0.39, 0.29) is 39.8 Å². The standard InChI is InChI=1S/2C8H9NO3.Co/c2*1-12-7-4-2-3-6(5-9-11)8(7)10;/h2*2-5,10-11H,1H3;/q;;+2/p-2/b2*9-5+;. The summed E-state index contributed by atoms with van der Waals surface area (Å²) in [6.45, 7) is 0. The van der Waals surface area contributed by atoms with Gasteiger partial charge in [0.15, 0.2) is 0 Å². The largest absolute Gasteiger partial charge is 2.00 e. The minimum Gasteiger partial charge on any atom is -0.870 e. The Morgan fingerprint density at radius 1 is 0.800 bits per heavy atom. The van der Waals surface area contributed by atoms with E-state index in [4.69, 9.17) is 19.9 Å². The number of para-hydroxylation sites is 2. The molecule has 2 aromatic carbocycles. The maximum absolute atomic E-state index is 11.3. The Labute approximate surface area is 154 Å². The van der Waals surface area contributed by atoms with E-state index in [0.29, 0.717) is 11.1 Å². The van der Waals surface area contributed by atoms with Crippen LogP contribution in [0.4, 0.5) is 0 Å². The Bertz CT molecular complexity index is 660. The molecule has 0 saturated carbocycles. The smallest absolute Gasteiger partial charge is 0.870 e. The predicted octanol–water partition coefficient (Wildman–Crippen LogP) is 1.15. The summed E-state index contributed by atoms with van der Waals surface area (Å²) in [6, 6.07) is 9.50. The van der Waals surface area contributed by atoms with E-state index in [1.165, 1.54) is 14.2 Å². The van der Waals surface area contributed by atoms with Crippen molar-refractivity contribution in [2.24, 2.45) is 10.3 Å². The van der Waals surface area contributed by atoms with Crippen molar-refractivity contribution in [2.45, 2.75) is 0 Å². The predicted molar refractivity (Wildman–Crippen MR) is 83.6 cm³/mol. The van der Waals surface area contributed by atoms with Crippen molar-refractivity contribution in [3.63, 3.8) is 0 Å². The van der Waals surface area contributed by atoms with Crippen molar-refractivity contribution in [1.82, 2.24) is 0 Å². The van der Waals surface area contributed by atoms with Crippen molar-refractivity contribution in [3.05, 3.63) is 47.5 Å². The van der Waals surface area contributed by atoms with E-state index in [9.17, 15) is 10.2 Å². The van der Waals surface area contributed by atoms with Crippen LogP contribution >= 0.6 is 0 Å². The second-order valence-electron chi connectivity index (χ2n) is 4.25. The SMILES string of the molecule is COc1cccc(/C=N/O)c1[O-].COc1cccc(/C=N/O)c1[O-].[Co+2]. The van der Waals surface area contributed by atoms with Crippen LogP contribution in [-0.2, 0) is 16.8 Å². The van der Waals surface area contributed by atoms with Gasteiger partial charge in [0, 0.05) is 0 Å².